The first-order valence-electron chi connectivity index (χ1n) is 6.64. The molecule has 108 valence electrons. The van der Waals surface area contributed by atoms with Gasteiger partial charge in [0.2, 0.25) is 0 Å². The van der Waals surface area contributed by atoms with E-state index in [4.69, 9.17) is 16.3 Å². The normalized spacial score (nSPS) is 20.1. The summed E-state index contributed by atoms with van der Waals surface area (Å²) in [6, 6.07) is 4.37. The van der Waals surface area contributed by atoms with Gasteiger partial charge < -0.3 is 15.4 Å². The molecule has 1 spiro atoms. The Kier molecular flexibility index (Phi) is 3.56. The van der Waals surface area contributed by atoms with Crippen molar-refractivity contribution in [3.8, 4) is 5.75 Å². The zero-order valence-electron chi connectivity index (χ0n) is 10.9. The van der Waals surface area contributed by atoms with Crippen LogP contribution in [0.1, 0.15) is 12.8 Å². The summed E-state index contributed by atoms with van der Waals surface area (Å²) in [6.07, 6.45) is 2.06. The van der Waals surface area contributed by atoms with E-state index in [2.05, 4.69) is 10.6 Å². The zero-order valence-corrected chi connectivity index (χ0v) is 11.7. The highest BCUT2D eigenvalue weighted by molar-refractivity contribution is 6.30. The summed E-state index contributed by atoms with van der Waals surface area (Å²) in [4.78, 5) is 11.7. The van der Waals surface area contributed by atoms with Crippen molar-refractivity contribution in [1.82, 2.24) is 10.6 Å². The minimum atomic E-state index is -0.553. The van der Waals surface area contributed by atoms with Crippen LogP contribution in [0.5, 0.6) is 5.75 Å². The molecule has 1 aromatic rings. The van der Waals surface area contributed by atoms with E-state index in [1.807, 2.05) is 0 Å². The van der Waals surface area contributed by atoms with Crippen LogP contribution in [0.3, 0.4) is 0 Å². The molecule has 2 fully saturated rings. The van der Waals surface area contributed by atoms with Crippen LogP contribution in [-0.4, -0.2) is 31.6 Å². The lowest BCUT2D eigenvalue weighted by atomic mass is 9.62. The van der Waals surface area contributed by atoms with Gasteiger partial charge in [-0.2, -0.15) is 0 Å². The maximum Gasteiger partial charge on any atom is 0.258 e. The third-order valence-electron chi connectivity index (χ3n) is 3.98. The average molecular weight is 299 g/mol. The Morgan fingerprint density at radius 2 is 2.25 bits per heavy atom. The van der Waals surface area contributed by atoms with Crippen LogP contribution < -0.4 is 15.4 Å². The van der Waals surface area contributed by atoms with Gasteiger partial charge in [0.05, 0.1) is 5.02 Å². The van der Waals surface area contributed by atoms with Crippen molar-refractivity contribution in [2.24, 2.45) is 5.41 Å². The first kappa shape index (κ1) is 13.6. The van der Waals surface area contributed by atoms with Crippen LogP contribution in [0.15, 0.2) is 18.2 Å². The molecule has 1 aromatic carbocycles. The predicted molar refractivity (Wildman–Crippen MR) is 73.4 cm³/mol. The second kappa shape index (κ2) is 5.22. The number of ether oxygens (including phenoxy) is 1. The highest BCUT2D eigenvalue weighted by Gasteiger charge is 2.48. The van der Waals surface area contributed by atoms with Gasteiger partial charge >= 0.3 is 0 Å². The second-order valence-corrected chi connectivity index (χ2v) is 6.05. The number of amides is 1. The van der Waals surface area contributed by atoms with Crippen molar-refractivity contribution in [3.63, 3.8) is 0 Å². The molecule has 6 heteroatoms. The molecule has 1 amide bonds. The van der Waals surface area contributed by atoms with Crippen LogP contribution >= 0.6 is 11.6 Å². The lowest BCUT2D eigenvalue weighted by molar-refractivity contribution is -0.126. The summed E-state index contributed by atoms with van der Waals surface area (Å²) in [6.45, 7) is 2.00. The molecule has 4 nitrogen and oxygen atoms in total. The number of nitrogens with one attached hydrogen (secondary N) is 2. The van der Waals surface area contributed by atoms with E-state index in [1.54, 1.807) is 0 Å². The Bertz CT molecular complexity index is 526. The highest BCUT2D eigenvalue weighted by Crippen LogP contribution is 2.43. The first-order chi connectivity index (χ1) is 9.56. The van der Waals surface area contributed by atoms with Crippen molar-refractivity contribution in [3.05, 3.63) is 29.0 Å². The van der Waals surface area contributed by atoms with E-state index in [1.165, 1.54) is 18.2 Å². The summed E-state index contributed by atoms with van der Waals surface area (Å²) in [5, 5.41) is 6.21. The molecule has 2 aliphatic rings. The summed E-state index contributed by atoms with van der Waals surface area (Å²) >= 11 is 5.57. The fourth-order valence-electron chi connectivity index (χ4n) is 2.84. The molecular formula is C14H16ClFN2O2. The molecule has 1 aliphatic carbocycles. The Labute approximate surface area is 121 Å². The second-order valence-electron chi connectivity index (χ2n) is 5.64. The van der Waals surface area contributed by atoms with Crippen LogP contribution in [0, 0.1) is 11.2 Å². The van der Waals surface area contributed by atoms with Gasteiger partial charge in [-0.15, -0.1) is 0 Å². The van der Waals surface area contributed by atoms with Crippen LogP contribution in [0.2, 0.25) is 5.02 Å². The fraction of sp³-hybridized carbons (Fsp3) is 0.500. The maximum absolute atomic E-state index is 13.2. The topological polar surface area (TPSA) is 50.4 Å². The van der Waals surface area contributed by atoms with Crippen LogP contribution in [0.25, 0.3) is 0 Å². The Morgan fingerprint density at radius 3 is 2.85 bits per heavy atom. The number of halogens is 2. The van der Waals surface area contributed by atoms with E-state index >= 15 is 0 Å². The fourth-order valence-corrected chi connectivity index (χ4v) is 2.96. The summed E-state index contributed by atoms with van der Waals surface area (Å²) < 4.78 is 18.4. The molecule has 0 unspecified atom stereocenters. The van der Waals surface area contributed by atoms with Gasteiger partial charge in [-0.1, -0.05) is 11.6 Å². The third-order valence-corrected chi connectivity index (χ3v) is 4.29. The smallest absolute Gasteiger partial charge is 0.258 e. The van der Waals surface area contributed by atoms with E-state index in [-0.39, 0.29) is 23.6 Å². The van der Waals surface area contributed by atoms with E-state index in [0.717, 1.165) is 25.9 Å². The van der Waals surface area contributed by atoms with E-state index < -0.39 is 5.82 Å². The first-order valence-corrected chi connectivity index (χ1v) is 7.02. The van der Waals surface area contributed by atoms with Crippen molar-refractivity contribution < 1.29 is 13.9 Å². The number of hydrogen-bond donors (Lipinski definition) is 2. The van der Waals surface area contributed by atoms with Crippen molar-refractivity contribution in [2.45, 2.75) is 18.9 Å². The van der Waals surface area contributed by atoms with Gasteiger partial charge in [0.25, 0.3) is 5.91 Å². The van der Waals surface area contributed by atoms with Crippen molar-refractivity contribution >= 4 is 17.5 Å². The average Bonchev–Trinajstić information content (AvgIpc) is 2.32. The van der Waals surface area contributed by atoms with Crippen LogP contribution in [0.4, 0.5) is 4.39 Å². The van der Waals surface area contributed by atoms with Crippen molar-refractivity contribution in [1.29, 1.82) is 0 Å². The molecule has 0 bridgehead atoms. The molecule has 0 radical (unpaired) electrons. The monoisotopic (exact) mass is 298 g/mol. The Hall–Kier alpha value is -1.33. The van der Waals surface area contributed by atoms with Gasteiger partial charge in [-0.05, 0) is 30.4 Å². The van der Waals surface area contributed by atoms with E-state index in [0.29, 0.717) is 11.2 Å². The Morgan fingerprint density at radius 1 is 1.50 bits per heavy atom. The molecule has 1 heterocycles. The molecule has 1 saturated heterocycles. The summed E-state index contributed by atoms with van der Waals surface area (Å²) in [5.74, 6) is -0.425. The zero-order chi connectivity index (χ0) is 14.2. The predicted octanol–water partition coefficient (Wildman–Crippen LogP) is 1.73. The molecule has 3 rings (SSSR count). The van der Waals surface area contributed by atoms with Crippen molar-refractivity contribution in [2.75, 3.05) is 19.7 Å². The van der Waals surface area contributed by atoms with Gasteiger partial charge in [-0.3, -0.25) is 4.79 Å². The van der Waals surface area contributed by atoms with Crippen LogP contribution in [-0.2, 0) is 4.79 Å². The molecule has 0 aromatic heterocycles. The molecule has 1 aliphatic heterocycles. The molecular weight excluding hydrogens is 283 g/mol. The number of rotatable bonds is 4. The number of benzene rings is 1. The van der Waals surface area contributed by atoms with Gasteiger partial charge in [-0.25, -0.2) is 4.39 Å². The molecule has 20 heavy (non-hydrogen) atoms. The summed E-state index contributed by atoms with van der Waals surface area (Å²) in [7, 11) is 0. The van der Waals surface area contributed by atoms with E-state index in [9.17, 15) is 9.18 Å². The number of carbonyl (C=O) groups excluding carboxylic acids is 1. The highest BCUT2D eigenvalue weighted by atomic mass is 35.5. The SMILES string of the molecule is O=C(COc1ccc(Cl)c(F)c1)NC1CC2(CNC2)C1. The molecule has 1 saturated carbocycles. The number of carbonyl (C=O) groups is 1. The number of hydrogen-bond acceptors (Lipinski definition) is 3. The van der Waals surface area contributed by atoms with Gasteiger partial charge in [0.15, 0.2) is 6.61 Å². The largest absolute Gasteiger partial charge is 0.484 e. The molecule has 2 N–H and O–H groups in total. The maximum atomic E-state index is 13.2. The third kappa shape index (κ3) is 2.74. The minimum Gasteiger partial charge on any atom is -0.484 e. The van der Waals surface area contributed by atoms with Gasteiger partial charge in [0, 0.05) is 25.2 Å². The van der Waals surface area contributed by atoms with Gasteiger partial charge in [0.1, 0.15) is 11.6 Å². The lowest BCUT2D eigenvalue weighted by Gasteiger charge is -2.54. The standard InChI is InChI=1S/C14H16ClFN2O2/c15-11-2-1-10(3-12(11)16)20-6-13(19)18-9-4-14(5-9)7-17-8-14/h1-3,9,17H,4-8H2,(H,18,19). The molecule has 0 atom stereocenters. The Balaban J connectivity index is 1.42. The minimum absolute atomic E-state index is 0.0377. The lowest BCUT2D eigenvalue weighted by Crippen LogP contribution is -2.65. The quantitative estimate of drug-likeness (QED) is 0.890. The summed E-state index contributed by atoms with van der Waals surface area (Å²) in [5.41, 5.74) is 0.429.